The molecule has 0 aromatic heterocycles. The maximum Gasteiger partial charge on any atom is 0.228 e. The van der Waals surface area contributed by atoms with Crippen LogP contribution >= 0.6 is 0 Å². The molecule has 110 valence electrons. The predicted molar refractivity (Wildman–Crippen MR) is 83.7 cm³/mol. The zero-order valence-electron chi connectivity index (χ0n) is 12.7. The average Bonchev–Trinajstić information content (AvgIpc) is 2.63. The van der Waals surface area contributed by atoms with E-state index in [0.29, 0.717) is 0 Å². The summed E-state index contributed by atoms with van der Waals surface area (Å²) in [6.07, 6.45) is 1.01. The molecule has 4 heteroatoms. The SMILES string of the molecule is CC(C)(C)C(=O)N1CCCN(c2ccc(N)cc2)CC1. The van der Waals surface area contributed by atoms with Gasteiger partial charge in [-0.3, -0.25) is 4.79 Å². The molecule has 1 aliphatic rings. The van der Waals surface area contributed by atoms with Crippen molar-refractivity contribution in [2.24, 2.45) is 5.41 Å². The second kappa shape index (κ2) is 5.73. The van der Waals surface area contributed by atoms with Crippen LogP contribution in [0.15, 0.2) is 24.3 Å². The first-order valence-corrected chi connectivity index (χ1v) is 7.28. The van der Waals surface area contributed by atoms with Gasteiger partial charge in [-0.2, -0.15) is 0 Å². The van der Waals surface area contributed by atoms with Gasteiger partial charge in [0.05, 0.1) is 0 Å². The van der Waals surface area contributed by atoms with Gasteiger partial charge in [-0.05, 0) is 30.7 Å². The standard InChI is InChI=1S/C16H25N3O/c1-16(2,3)15(20)19-10-4-9-18(11-12-19)14-7-5-13(17)6-8-14/h5-8H,4,9-12,17H2,1-3H3. The van der Waals surface area contributed by atoms with Crippen molar-refractivity contribution in [1.82, 2.24) is 4.90 Å². The van der Waals surface area contributed by atoms with Crippen LogP contribution in [-0.2, 0) is 4.79 Å². The lowest BCUT2D eigenvalue weighted by molar-refractivity contribution is -0.139. The number of carbonyl (C=O) groups is 1. The fourth-order valence-electron chi connectivity index (χ4n) is 2.54. The van der Waals surface area contributed by atoms with Crippen molar-refractivity contribution in [3.05, 3.63) is 24.3 Å². The number of hydrogen-bond acceptors (Lipinski definition) is 3. The Morgan fingerprint density at radius 2 is 1.70 bits per heavy atom. The van der Waals surface area contributed by atoms with E-state index in [2.05, 4.69) is 17.0 Å². The highest BCUT2D eigenvalue weighted by Gasteiger charge is 2.28. The van der Waals surface area contributed by atoms with Crippen LogP contribution in [0.5, 0.6) is 0 Å². The quantitative estimate of drug-likeness (QED) is 0.800. The van der Waals surface area contributed by atoms with Crippen molar-refractivity contribution < 1.29 is 4.79 Å². The van der Waals surface area contributed by atoms with E-state index in [-0.39, 0.29) is 11.3 Å². The van der Waals surface area contributed by atoms with E-state index in [0.717, 1.165) is 38.3 Å². The number of carbonyl (C=O) groups excluding carboxylic acids is 1. The van der Waals surface area contributed by atoms with Crippen molar-refractivity contribution in [3.63, 3.8) is 0 Å². The first-order chi connectivity index (χ1) is 9.38. The van der Waals surface area contributed by atoms with Crippen molar-refractivity contribution >= 4 is 17.3 Å². The Bertz CT molecular complexity index is 462. The van der Waals surface area contributed by atoms with Crippen molar-refractivity contribution in [2.75, 3.05) is 36.8 Å². The Hall–Kier alpha value is -1.71. The summed E-state index contributed by atoms with van der Waals surface area (Å²) < 4.78 is 0. The second-order valence-corrected chi connectivity index (χ2v) is 6.47. The van der Waals surface area contributed by atoms with Crippen LogP contribution in [0.25, 0.3) is 0 Å². The molecule has 0 aliphatic carbocycles. The molecule has 0 bridgehead atoms. The molecule has 0 spiro atoms. The summed E-state index contributed by atoms with van der Waals surface area (Å²) in [6, 6.07) is 7.96. The lowest BCUT2D eigenvalue weighted by Gasteiger charge is -2.28. The number of amides is 1. The number of hydrogen-bond donors (Lipinski definition) is 1. The minimum atomic E-state index is -0.295. The average molecular weight is 275 g/mol. The van der Waals surface area contributed by atoms with Crippen molar-refractivity contribution in [1.29, 1.82) is 0 Å². The first kappa shape index (κ1) is 14.7. The van der Waals surface area contributed by atoms with Crippen LogP contribution in [-0.4, -0.2) is 37.0 Å². The Kier molecular flexibility index (Phi) is 4.21. The summed E-state index contributed by atoms with van der Waals surface area (Å²) >= 11 is 0. The van der Waals surface area contributed by atoms with Crippen LogP contribution in [0, 0.1) is 5.41 Å². The summed E-state index contributed by atoms with van der Waals surface area (Å²) in [5.41, 5.74) is 7.40. The first-order valence-electron chi connectivity index (χ1n) is 7.28. The molecule has 1 aromatic carbocycles. The number of nitrogens with two attached hydrogens (primary N) is 1. The molecule has 20 heavy (non-hydrogen) atoms. The smallest absolute Gasteiger partial charge is 0.228 e. The van der Waals surface area contributed by atoms with E-state index in [1.165, 1.54) is 5.69 Å². The normalized spacial score (nSPS) is 16.9. The van der Waals surface area contributed by atoms with E-state index in [4.69, 9.17) is 5.73 Å². The number of nitrogens with zero attached hydrogens (tertiary/aromatic N) is 2. The fourth-order valence-corrected chi connectivity index (χ4v) is 2.54. The van der Waals surface area contributed by atoms with Gasteiger partial charge in [0, 0.05) is 43.0 Å². The molecule has 1 saturated heterocycles. The Morgan fingerprint density at radius 3 is 2.30 bits per heavy atom. The van der Waals surface area contributed by atoms with Gasteiger partial charge < -0.3 is 15.5 Å². The molecule has 1 amide bonds. The maximum atomic E-state index is 12.4. The minimum absolute atomic E-state index is 0.247. The van der Waals surface area contributed by atoms with Gasteiger partial charge in [0.1, 0.15) is 0 Å². The highest BCUT2D eigenvalue weighted by Crippen LogP contribution is 2.21. The number of benzene rings is 1. The zero-order chi connectivity index (χ0) is 14.8. The molecular weight excluding hydrogens is 250 g/mol. The van der Waals surface area contributed by atoms with Crippen LogP contribution in [0.4, 0.5) is 11.4 Å². The molecule has 0 atom stereocenters. The van der Waals surface area contributed by atoms with Gasteiger partial charge in [-0.1, -0.05) is 20.8 Å². The minimum Gasteiger partial charge on any atom is -0.399 e. The van der Waals surface area contributed by atoms with E-state index < -0.39 is 0 Å². The summed E-state index contributed by atoms with van der Waals surface area (Å²) in [4.78, 5) is 16.7. The van der Waals surface area contributed by atoms with E-state index in [1.807, 2.05) is 37.8 Å². The fraction of sp³-hybridized carbons (Fsp3) is 0.562. The molecule has 1 heterocycles. The topological polar surface area (TPSA) is 49.6 Å². The van der Waals surface area contributed by atoms with E-state index in [1.54, 1.807) is 0 Å². The number of rotatable bonds is 1. The number of nitrogen functional groups attached to an aromatic ring is 1. The van der Waals surface area contributed by atoms with Crippen molar-refractivity contribution in [2.45, 2.75) is 27.2 Å². The van der Waals surface area contributed by atoms with Gasteiger partial charge in [0.15, 0.2) is 0 Å². The predicted octanol–water partition coefficient (Wildman–Crippen LogP) is 2.35. The lowest BCUT2D eigenvalue weighted by Crippen LogP contribution is -2.41. The van der Waals surface area contributed by atoms with Gasteiger partial charge >= 0.3 is 0 Å². The highest BCUT2D eigenvalue weighted by atomic mass is 16.2. The van der Waals surface area contributed by atoms with Gasteiger partial charge in [0.25, 0.3) is 0 Å². The van der Waals surface area contributed by atoms with Gasteiger partial charge in [-0.15, -0.1) is 0 Å². The monoisotopic (exact) mass is 275 g/mol. The zero-order valence-corrected chi connectivity index (χ0v) is 12.7. The Labute approximate surface area is 121 Å². The molecule has 1 aliphatic heterocycles. The summed E-state index contributed by atoms with van der Waals surface area (Å²) in [5, 5.41) is 0. The summed E-state index contributed by atoms with van der Waals surface area (Å²) in [5.74, 6) is 0.247. The third kappa shape index (κ3) is 3.44. The third-order valence-corrected chi connectivity index (χ3v) is 3.68. The Morgan fingerprint density at radius 1 is 1.05 bits per heavy atom. The van der Waals surface area contributed by atoms with E-state index >= 15 is 0 Å². The molecule has 4 nitrogen and oxygen atoms in total. The van der Waals surface area contributed by atoms with Gasteiger partial charge in [-0.25, -0.2) is 0 Å². The molecule has 0 saturated carbocycles. The van der Waals surface area contributed by atoms with Crippen molar-refractivity contribution in [3.8, 4) is 0 Å². The van der Waals surface area contributed by atoms with Gasteiger partial charge in [0.2, 0.25) is 5.91 Å². The Balaban J connectivity index is 2.02. The van der Waals surface area contributed by atoms with Crippen LogP contribution in [0.3, 0.4) is 0 Å². The van der Waals surface area contributed by atoms with Crippen LogP contribution < -0.4 is 10.6 Å². The number of anilines is 2. The third-order valence-electron chi connectivity index (χ3n) is 3.68. The van der Waals surface area contributed by atoms with Crippen LogP contribution in [0.2, 0.25) is 0 Å². The summed E-state index contributed by atoms with van der Waals surface area (Å²) in [6.45, 7) is 9.46. The van der Waals surface area contributed by atoms with E-state index in [9.17, 15) is 4.79 Å². The second-order valence-electron chi connectivity index (χ2n) is 6.47. The summed E-state index contributed by atoms with van der Waals surface area (Å²) in [7, 11) is 0. The van der Waals surface area contributed by atoms with Crippen LogP contribution in [0.1, 0.15) is 27.2 Å². The molecule has 0 radical (unpaired) electrons. The molecular formula is C16H25N3O. The molecule has 1 aromatic rings. The largest absolute Gasteiger partial charge is 0.399 e. The lowest BCUT2D eigenvalue weighted by atomic mass is 9.94. The molecule has 0 unspecified atom stereocenters. The molecule has 2 N–H and O–H groups in total. The molecule has 2 rings (SSSR count). The maximum absolute atomic E-state index is 12.4. The molecule has 1 fully saturated rings. The highest BCUT2D eigenvalue weighted by molar-refractivity contribution is 5.81.